The van der Waals surface area contributed by atoms with Gasteiger partial charge in [0.25, 0.3) is 0 Å². The lowest BCUT2D eigenvalue weighted by atomic mass is 10.1. The number of carbonyl (C=O) groups is 3. The molecule has 26 heavy (non-hydrogen) atoms. The van der Waals surface area contributed by atoms with E-state index in [0.717, 1.165) is 10.2 Å². The standard InChI is InChI=1S/C18H17BrN4O3/c19-13-6-8-15(9-7-13)23-11-12(10-16(23)24)17(25)21-22-18(26)20-14-4-2-1-3-5-14/h1-9,12H,10-11H2,(H,21,25)(H2,20,22,26). The summed E-state index contributed by atoms with van der Waals surface area (Å²) >= 11 is 3.35. The van der Waals surface area contributed by atoms with Crippen molar-refractivity contribution in [2.45, 2.75) is 6.42 Å². The molecule has 1 atom stereocenters. The highest BCUT2D eigenvalue weighted by Crippen LogP contribution is 2.26. The van der Waals surface area contributed by atoms with Crippen molar-refractivity contribution in [3.05, 3.63) is 59.1 Å². The van der Waals surface area contributed by atoms with Gasteiger partial charge in [-0.05, 0) is 36.4 Å². The van der Waals surface area contributed by atoms with Gasteiger partial charge < -0.3 is 10.2 Å². The molecule has 1 aliphatic rings. The van der Waals surface area contributed by atoms with Crippen molar-refractivity contribution in [1.82, 2.24) is 10.9 Å². The molecule has 1 unspecified atom stereocenters. The zero-order valence-corrected chi connectivity index (χ0v) is 15.3. The lowest BCUT2D eigenvalue weighted by Crippen LogP contribution is -2.46. The molecule has 1 heterocycles. The fourth-order valence-electron chi connectivity index (χ4n) is 2.66. The van der Waals surface area contributed by atoms with E-state index in [1.807, 2.05) is 30.3 Å². The van der Waals surface area contributed by atoms with Crippen LogP contribution in [0.4, 0.5) is 16.2 Å². The number of nitrogens with one attached hydrogen (secondary N) is 3. The zero-order chi connectivity index (χ0) is 18.5. The molecule has 0 spiro atoms. The third kappa shape index (κ3) is 4.40. The molecule has 1 fully saturated rings. The van der Waals surface area contributed by atoms with Crippen LogP contribution in [0.25, 0.3) is 0 Å². The van der Waals surface area contributed by atoms with E-state index < -0.39 is 17.9 Å². The van der Waals surface area contributed by atoms with Gasteiger partial charge in [0, 0.05) is 28.8 Å². The van der Waals surface area contributed by atoms with Crippen molar-refractivity contribution in [2.75, 3.05) is 16.8 Å². The maximum absolute atomic E-state index is 12.2. The summed E-state index contributed by atoms with van der Waals surface area (Å²) in [6.07, 6.45) is 0.101. The molecule has 0 bridgehead atoms. The predicted molar refractivity (Wildman–Crippen MR) is 101 cm³/mol. The Kier molecular flexibility index (Phi) is 5.52. The van der Waals surface area contributed by atoms with Crippen LogP contribution in [0.5, 0.6) is 0 Å². The smallest absolute Gasteiger partial charge is 0.312 e. The summed E-state index contributed by atoms with van der Waals surface area (Å²) in [7, 11) is 0. The van der Waals surface area contributed by atoms with E-state index in [9.17, 15) is 14.4 Å². The Balaban J connectivity index is 1.51. The predicted octanol–water partition coefficient (Wildman–Crippen LogP) is 2.65. The van der Waals surface area contributed by atoms with Crippen LogP contribution < -0.4 is 21.1 Å². The molecule has 1 saturated heterocycles. The van der Waals surface area contributed by atoms with Crippen molar-refractivity contribution >= 4 is 45.2 Å². The van der Waals surface area contributed by atoms with Gasteiger partial charge in [0.1, 0.15) is 0 Å². The SMILES string of the molecule is O=C(NNC(=O)C1CC(=O)N(c2ccc(Br)cc2)C1)Nc1ccccc1. The van der Waals surface area contributed by atoms with Crippen molar-refractivity contribution in [1.29, 1.82) is 0 Å². The first-order valence-electron chi connectivity index (χ1n) is 8.01. The number of rotatable bonds is 3. The largest absolute Gasteiger partial charge is 0.337 e. The molecular formula is C18H17BrN4O3. The number of urea groups is 1. The van der Waals surface area contributed by atoms with Crippen molar-refractivity contribution in [3.8, 4) is 0 Å². The number of carbonyl (C=O) groups excluding carboxylic acids is 3. The van der Waals surface area contributed by atoms with E-state index in [1.54, 1.807) is 29.2 Å². The van der Waals surface area contributed by atoms with Gasteiger partial charge in [-0.2, -0.15) is 0 Å². The zero-order valence-electron chi connectivity index (χ0n) is 13.7. The topological polar surface area (TPSA) is 90.5 Å². The summed E-state index contributed by atoms with van der Waals surface area (Å²) in [6.45, 7) is 0.272. The average Bonchev–Trinajstić information content (AvgIpc) is 3.03. The number of amides is 4. The van der Waals surface area contributed by atoms with Crippen molar-refractivity contribution < 1.29 is 14.4 Å². The van der Waals surface area contributed by atoms with Gasteiger partial charge in [0.05, 0.1) is 5.92 Å². The minimum atomic E-state index is -0.557. The number of hydrogen-bond acceptors (Lipinski definition) is 3. The fourth-order valence-corrected chi connectivity index (χ4v) is 2.92. The van der Waals surface area contributed by atoms with Crippen molar-refractivity contribution in [3.63, 3.8) is 0 Å². The van der Waals surface area contributed by atoms with Crippen molar-refractivity contribution in [2.24, 2.45) is 5.92 Å². The molecule has 0 radical (unpaired) electrons. The normalized spacial score (nSPS) is 16.3. The molecular weight excluding hydrogens is 400 g/mol. The molecule has 1 aliphatic heterocycles. The van der Waals surface area contributed by atoms with Gasteiger partial charge in [0.15, 0.2) is 0 Å². The molecule has 3 N–H and O–H groups in total. The van der Waals surface area contributed by atoms with Crippen LogP contribution in [-0.2, 0) is 9.59 Å². The molecule has 4 amide bonds. The summed E-state index contributed by atoms with van der Waals surface area (Å²) < 4.78 is 0.913. The maximum Gasteiger partial charge on any atom is 0.337 e. The minimum Gasteiger partial charge on any atom is -0.312 e. The summed E-state index contributed by atoms with van der Waals surface area (Å²) in [5, 5.41) is 2.59. The van der Waals surface area contributed by atoms with Crippen LogP contribution in [-0.4, -0.2) is 24.4 Å². The Morgan fingerprint density at radius 1 is 1.00 bits per heavy atom. The van der Waals surface area contributed by atoms with Gasteiger partial charge in [-0.1, -0.05) is 34.1 Å². The monoisotopic (exact) mass is 416 g/mol. The molecule has 0 aromatic heterocycles. The lowest BCUT2D eigenvalue weighted by molar-refractivity contribution is -0.126. The van der Waals surface area contributed by atoms with Gasteiger partial charge in [0.2, 0.25) is 11.8 Å². The van der Waals surface area contributed by atoms with Gasteiger partial charge in [-0.25, -0.2) is 10.2 Å². The Morgan fingerprint density at radius 2 is 1.69 bits per heavy atom. The van der Waals surface area contributed by atoms with Crippen LogP contribution >= 0.6 is 15.9 Å². The molecule has 2 aromatic carbocycles. The Morgan fingerprint density at radius 3 is 2.38 bits per heavy atom. The molecule has 0 saturated carbocycles. The summed E-state index contributed by atoms with van der Waals surface area (Å²) in [4.78, 5) is 37.8. The van der Waals surface area contributed by atoms with E-state index >= 15 is 0 Å². The van der Waals surface area contributed by atoms with E-state index in [-0.39, 0.29) is 18.9 Å². The number of nitrogens with zero attached hydrogens (tertiary/aromatic N) is 1. The summed E-state index contributed by atoms with van der Waals surface area (Å²) in [6, 6.07) is 15.6. The average molecular weight is 417 g/mol. The number of hydrogen-bond donors (Lipinski definition) is 3. The van der Waals surface area contributed by atoms with E-state index in [0.29, 0.717) is 5.69 Å². The molecule has 7 nitrogen and oxygen atoms in total. The van der Waals surface area contributed by atoms with Crippen LogP contribution in [0.3, 0.4) is 0 Å². The highest BCUT2D eigenvalue weighted by atomic mass is 79.9. The van der Waals surface area contributed by atoms with Crippen LogP contribution in [0, 0.1) is 5.92 Å². The number of halogens is 1. The first kappa shape index (κ1) is 17.9. The van der Waals surface area contributed by atoms with Crippen LogP contribution in [0.1, 0.15) is 6.42 Å². The number of anilines is 2. The number of para-hydroxylation sites is 1. The first-order chi connectivity index (χ1) is 12.5. The summed E-state index contributed by atoms with van der Waals surface area (Å²) in [5.74, 6) is -1.05. The molecule has 3 rings (SSSR count). The Labute approximate surface area is 158 Å². The minimum absolute atomic E-state index is 0.101. The quantitative estimate of drug-likeness (QED) is 0.671. The molecule has 134 valence electrons. The maximum atomic E-state index is 12.2. The highest BCUT2D eigenvalue weighted by molar-refractivity contribution is 9.10. The summed E-state index contributed by atoms with van der Waals surface area (Å²) in [5.41, 5.74) is 6.01. The first-order valence-corrected chi connectivity index (χ1v) is 8.80. The van der Waals surface area contributed by atoms with Gasteiger partial charge >= 0.3 is 6.03 Å². The molecule has 8 heteroatoms. The number of benzene rings is 2. The number of hydrazine groups is 1. The van der Waals surface area contributed by atoms with E-state index in [2.05, 4.69) is 32.1 Å². The Bertz CT molecular complexity index is 811. The second-order valence-electron chi connectivity index (χ2n) is 5.82. The van der Waals surface area contributed by atoms with E-state index in [4.69, 9.17) is 0 Å². The molecule has 0 aliphatic carbocycles. The fraction of sp³-hybridized carbons (Fsp3) is 0.167. The lowest BCUT2D eigenvalue weighted by Gasteiger charge is -2.17. The second kappa shape index (κ2) is 8.01. The highest BCUT2D eigenvalue weighted by Gasteiger charge is 2.35. The van der Waals surface area contributed by atoms with Gasteiger partial charge in [-0.15, -0.1) is 0 Å². The van der Waals surface area contributed by atoms with Gasteiger partial charge in [-0.3, -0.25) is 15.0 Å². The molecule has 2 aromatic rings. The third-order valence-electron chi connectivity index (χ3n) is 3.97. The van der Waals surface area contributed by atoms with E-state index in [1.165, 1.54) is 0 Å². The third-order valence-corrected chi connectivity index (χ3v) is 4.49. The Hall–Kier alpha value is -2.87. The van der Waals surface area contributed by atoms with Crippen LogP contribution in [0.2, 0.25) is 0 Å². The second-order valence-corrected chi connectivity index (χ2v) is 6.73. The van der Waals surface area contributed by atoms with Crippen LogP contribution in [0.15, 0.2) is 59.1 Å².